The van der Waals surface area contributed by atoms with Crippen LogP contribution in [0.3, 0.4) is 0 Å². The number of rotatable bonds is 5. The minimum Gasteiger partial charge on any atom is -0.338 e. The number of hydrogen-bond acceptors (Lipinski definition) is 3. The van der Waals surface area contributed by atoms with Gasteiger partial charge in [0.15, 0.2) is 0 Å². The van der Waals surface area contributed by atoms with Crippen molar-refractivity contribution in [3.05, 3.63) is 35.4 Å². The van der Waals surface area contributed by atoms with Gasteiger partial charge in [-0.1, -0.05) is 24.3 Å². The molecule has 116 valence electrons. The number of nitrogens with one attached hydrogen (secondary N) is 2. The highest BCUT2D eigenvalue weighted by molar-refractivity contribution is 7.88. The van der Waals surface area contributed by atoms with Gasteiger partial charge >= 0.3 is 6.03 Å². The van der Waals surface area contributed by atoms with Gasteiger partial charge in [0.25, 0.3) is 0 Å². The maximum absolute atomic E-state index is 12.0. The van der Waals surface area contributed by atoms with E-state index in [0.29, 0.717) is 32.6 Å². The highest BCUT2D eigenvalue weighted by Gasteiger charge is 2.19. The Kier molecular flexibility index (Phi) is 5.19. The normalized spacial score (nSPS) is 14.6. The first kappa shape index (κ1) is 15.8. The average molecular weight is 311 g/mol. The standard InChI is InChI=1S/C14H21N3O3S/c1-21(19,20)16-9-4-8-15-14(18)17-10-7-12-5-2-3-6-13(12)11-17/h2-3,5-6,16H,4,7-11H2,1H3,(H,15,18). The second-order valence-electron chi connectivity index (χ2n) is 5.19. The Bertz CT molecular complexity index is 601. The topological polar surface area (TPSA) is 78.5 Å². The Morgan fingerprint density at radius 1 is 1.24 bits per heavy atom. The molecular formula is C14H21N3O3S. The molecule has 0 fully saturated rings. The van der Waals surface area contributed by atoms with Crippen LogP contribution in [0.2, 0.25) is 0 Å². The second kappa shape index (κ2) is 6.91. The van der Waals surface area contributed by atoms with Crippen LogP contribution in [0.4, 0.5) is 4.79 Å². The van der Waals surface area contributed by atoms with Crippen LogP contribution < -0.4 is 10.0 Å². The Morgan fingerprint density at radius 2 is 1.95 bits per heavy atom. The summed E-state index contributed by atoms with van der Waals surface area (Å²) >= 11 is 0. The predicted octanol–water partition coefficient (Wildman–Crippen LogP) is 0.694. The third-order valence-corrected chi connectivity index (χ3v) is 4.14. The third-order valence-electron chi connectivity index (χ3n) is 3.41. The molecule has 21 heavy (non-hydrogen) atoms. The van der Waals surface area contributed by atoms with E-state index in [4.69, 9.17) is 0 Å². The van der Waals surface area contributed by atoms with Crippen LogP contribution in [-0.2, 0) is 23.0 Å². The Labute approximate surface area is 125 Å². The van der Waals surface area contributed by atoms with Crippen molar-refractivity contribution >= 4 is 16.1 Å². The molecule has 1 aromatic rings. The average Bonchev–Trinajstić information content (AvgIpc) is 2.45. The van der Waals surface area contributed by atoms with Crippen molar-refractivity contribution < 1.29 is 13.2 Å². The van der Waals surface area contributed by atoms with Crippen LogP contribution in [0.15, 0.2) is 24.3 Å². The molecule has 2 amide bonds. The first-order valence-electron chi connectivity index (χ1n) is 7.00. The molecule has 0 aliphatic carbocycles. The summed E-state index contributed by atoms with van der Waals surface area (Å²) in [5.41, 5.74) is 2.50. The van der Waals surface area contributed by atoms with E-state index in [2.05, 4.69) is 16.1 Å². The van der Waals surface area contributed by atoms with E-state index in [1.165, 1.54) is 11.1 Å². The van der Waals surface area contributed by atoms with Crippen LogP contribution >= 0.6 is 0 Å². The summed E-state index contributed by atoms with van der Waals surface area (Å²) in [7, 11) is -3.15. The van der Waals surface area contributed by atoms with Crippen molar-refractivity contribution in [3.8, 4) is 0 Å². The van der Waals surface area contributed by atoms with Crippen molar-refractivity contribution in [1.82, 2.24) is 14.9 Å². The Balaban J connectivity index is 1.73. The van der Waals surface area contributed by atoms with Gasteiger partial charge in [-0.2, -0.15) is 0 Å². The molecule has 0 radical (unpaired) electrons. The SMILES string of the molecule is CS(=O)(=O)NCCCNC(=O)N1CCc2ccccc2C1. The lowest BCUT2D eigenvalue weighted by atomic mass is 10.0. The van der Waals surface area contributed by atoms with E-state index < -0.39 is 10.0 Å². The molecule has 0 spiro atoms. The molecule has 1 heterocycles. The fourth-order valence-corrected chi connectivity index (χ4v) is 2.84. The van der Waals surface area contributed by atoms with Crippen LogP contribution in [0.1, 0.15) is 17.5 Å². The van der Waals surface area contributed by atoms with Gasteiger partial charge < -0.3 is 10.2 Å². The lowest BCUT2D eigenvalue weighted by Gasteiger charge is -2.29. The fourth-order valence-electron chi connectivity index (χ4n) is 2.32. The molecule has 0 saturated heterocycles. The lowest BCUT2D eigenvalue weighted by Crippen LogP contribution is -2.43. The highest BCUT2D eigenvalue weighted by atomic mass is 32.2. The van der Waals surface area contributed by atoms with Crippen molar-refractivity contribution in [2.24, 2.45) is 0 Å². The maximum Gasteiger partial charge on any atom is 0.317 e. The number of urea groups is 1. The number of carbonyl (C=O) groups excluding carboxylic acids is 1. The molecule has 7 heteroatoms. The molecule has 2 rings (SSSR count). The van der Waals surface area contributed by atoms with Crippen LogP contribution in [-0.4, -0.2) is 45.2 Å². The molecule has 0 saturated carbocycles. The van der Waals surface area contributed by atoms with Crippen LogP contribution in [0, 0.1) is 0 Å². The van der Waals surface area contributed by atoms with Gasteiger partial charge in [0, 0.05) is 26.2 Å². The molecular weight excluding hydrogens is 290 g/mol. The molecule has 6 nitrogen and oxygen atoms in total. The molecule has 1 aromatic carbocycles. The van der Waals surface area contributed by atoms with Crippen LogP contribution in [0.5, 0.6) is 0 Å². The Morgan fingerprint density at radius 3 is 2.67 bits per heavy atom. The van der Waals surface area contributed by atoms with Crippen molar-refractivity contribution in [1.29, 1.82) is 0 Å². The number of fused-ring (bicyclic) bond motifs is 1. The summed E-state index contributed by atoms with van der Waals surface area (Å²) < 4.78 is 24.2. The zero-order valence-corrected chi connectivity index (χ0v) is 12.9. The molecule has 0 aromatic heterocycles. The van der Waals surface area contributed by atoms with Crippen molar-refractivity contribution in [2.75, 3.05) is 25.9 Å². The Hall–Kier alpha value is -1.60. The van der Waals surface area contributed by atoms with Gasteiger partial charge in [0.2, 0.25) is 10.0 Å². The maximum atomic E-state index is 12.0. The van der Waals surface area contributed by atoms with E-state index in [0.717, 1.165) is 12.7 Å². The predicted molar refractivity (Wildman–Crippen MR) is 81.4 cm³/mol. The summed E-state index contributed by atoms with van der Waals surface area (Å²) in [5, 5.41) is 2.82. The molecule has 0 bridgehead atoms. The van der Waals surface area contributed by atoms with Gasteiger partial charge in [-0.3, -0.25) is 0 Å². The van der Waals surface area contributed by atoms with E-state index in [-0.39, 0.29) is 6.03 Å². The molecule has 1 aliphatic heterocycles. The summed E-state index contributed by atoms with van der Waals surface area (Å²) in [6.45, 7) is 2.13. The molecule has 2 N–H and O–H groups in total. The number of hydrogen-bond donors (Lipinski definition) is 2. The number of amides is 2. The summed E-state index contributed by atoms with van der Waals surface area (Å²) in [5.74, 6) is 0. The van der Waals surface area contributed by atoms with E-state index in [1.807, 2.05) is 18.2 Å². The van der Waals surface area contributed by atoms with Gasteiger partial charge in [0.05, 0.1) is 6.26 Å². The van der Waals surface area contributed by atoms with E-state index >= 15 is 0 Å². The molecule has 1 aliphatic rings. The minimum atomic E-state index is -3.15. The monoisotopic (exact) mass is 311 g/mol. The van der Waals surface area contributed by atoms with Gasteiger partial charge in [0.1, 0.15) is 0 Å². The smallest absolute Gasteiger partial charge is 0.317 e. The number of carbonyl (C=O) groups is 1. The first-order chi connectivity index (χ1) is 9.96. The van der Waals surface area contributed by atoms with E-state index in [9.17, 15) is 13.2 Å². The zero-order chi connectivity index (χ0) is 15.3. The number of nitrogens with zero attached hydrogens (tertiary/aromatic N) is 1. The summed E-state index contributed by atoms with van der Waals surface area (Å²) in [6, 6.07) is 8.05. The van der Waals surface area contributed by atoms with Crippen LogP contribution in [0.25, 0.3) is 0 Å². The fraction of sp³-hybridized carbons (Fsp3) is 0.500. The van der Waals surface area contributed by atoms with Gasteiger partial charge in [-0.15, -0.1) is 0 Å². The zero-order valence-electron chi connectivity index (χ0n) is 12.1. The quantitative estimate of drug-likeness (QED) is 0.786. The molecule has 0 atom stereocenters. The minimum absolute atomic E-state index is 0.0936. The summed E-state index contributed by atoms with van der Waals surface area (Å²) in [4.78, 5) is 13.8. The first-order valence-corrected chi connectivity index (χ1v) is 8.89. The highest BCUT2D eigenvalue weighted by Crippen LogP contribution is 2.18. The van der Waals surface area contributed by atoms with E-state index in [1.54, 1.807) is 4.90 Å². The van der Waals surface area contributed by atoms with Gasteiger partial charge in [-0.25, -0.2) is 17.9 Å². The number of sulfonamides is 1. The lowest BCUT2D eigenvalue weighted by molar-refractivity contribution is 0.192. The second-order valence-corrected chi connectivity index (χ2v) is 7.03. The largest absolute Gasteiger partial charge is 0.338 e. The summed E-state index contributed by atoms with van der Waals surface area (Å²) in [6.07, 6.45) is 2.57. The van der Waals surface area contributed by atoms with Crippen molar-refractivity contribution in [2.45, 2.75) is 19.4 Å². The third kappa shape index (κ3) is 5.02. The van der Waals surface area contributed by atoms with Crippen molar-refractivity contribution in [3.63, 3.8) is 0 Å². The van der Waals surface area contributed by atoms with Gasteiger partial charge in [-0.05, 0) is 24.0 Å². The number of benzene rings is 1. The molecule has 0 unspecified atom stereocenters.